The first-order chi connectivity index (χ1) is 13.8. The topological polar surface area (TPSA) is 72.2 Å². The van der Waals surface area contributed by atoms with E-state index in [1.165, 1.54) is 29.8 Å². The number of carboxylic acid groups (broad SMARTS) is 1. The van der Waals surface area contributed by atoms with Crippen molar-refractivity contribution in [2.24, 2.45) is 0 Å². The zero-order chi connectivity index (χ0) is 20.8. The van der Waals surface area contributed by atoms with Gasteiger partial charge in [0.1, 0.15) is 16.2 Å². The fourth-order valence-electron chi connectivity index (χ4n) is 3.23. The van der Waals surface area contributed by atoms with E-state index in [2.05, 4.69) is 0 Å². The van der Waals surface area contributed by atoms with Crippen LogP contribution in [0.3, 0.4) is 0 Å². The highest BCUT2D eigenvalue weighted by Gasteiger charge is 2.34. The Balaban J connectivity index is 2.09. The van der Waals surface area contributed by atoms with Crippen molar-refractivity contribution in [3.63, 3.8) is 0 Å². The molecule has 4 rings (SSSR count). The maximum Gasteiger partial charge on any atom is 0.329 e. The summed E-state index contributed by atoms with van der Waals surface area (Å²) in [5, 5.41) is 12.7. The molecule has 7 heteroatoms. The number of halogens is 1. The molecule has 0 radical (unpaired) electrons. The maximum absolute atomic E-state index is 13.6. The van der Waals surface area contributed by atoms with Gasteiger partial charge in [0.05, 0.1) is 5.39 Å². The summed E-state index contributed by atoms with van der Waals surface area (Å²) in [7, 11) is 0. The Morgan fingerprint density at radius 3 is 2.34 bits per heavy atom. The summed E-state index contributed by atoms with van der Waals surface area (Å²) in [6, 6.07) is 16.3. The Bertz CT molecular complexity index is 1280. The molecular formula is C22H17ClN2O3S. The molecule has 0 spiro atoms. The van der Waals surface area contributed by atoms with E-state index in [1.54, 1.807) is 12.1 Å². The minimum Gasteiger partial charge on any atom is -0.480 e. The first-order valence-electron chi connectivity index (χ1n) is 8.90. The molecule has 5 nitrogen and oxygen atoms in total. The molecule has 2 heterocycles. The van der Waals surface area contributed by atoms with Crippen LogP contribution in [-0.2, 0) is 10.3 Å². The van der Waals surface area contributed by atoms with Crippen molar-refractivity contribution < 1.29 is 9.90 Å². The van der Waals surface area contributed by atoms with Gasteiger partial charge in [-0.05, 0) is 31.5 Å². The molecule has 0 unspecified atom stereocenters. The first kappa shape index (κ1) is 19.4. The van der Waals surface area contributed by atoms with Crippen LogP contribution in [0.2, 0.25) is 5.02 Å². The number of benzene rings is 2. The van der Waals surface area contributed by atoms with Gasteiger partial charge >= 0.3 is 5.97 Å². The lowest BCUT2D eigenvalue weighted by Gasteiger charge is -2.25. The lowest BCUT2D eigenvalue weighted by atomic mass is 10.0. The average molecular weight is 425 g/mol. The van der Waals surface area contributed by atoms with Gasteiger partial charge in [0.15, 0.2) is 0 Å². The highest BCUT2D eigenvalue weighted by molar-refractivity contribution is 7.17. The van der Waals surface area contributed by atoms with Crippen molar-refractivity contribution in [1.82, 2.24) is 9.55 Å². The molecule has 29 heavy (non-hydrogen) atoms. The number of hydrogen-bond donors (Lipinski definition) is 1. The van der Waals surface area contributed by atoms with Crippen LogP contribution in [0.5, 0.6) is 0 Å². The summed E-state index contributed by atoms with van der Waals surface area (Å²) >= 11 is 7.35. The Kier molecular flexibility index (Phi) is 4.76. The van der Waals surface area contributed by atoms with E-state index in [1.807, 2.05) is 47.8 Å². The van der Waals surface area contributed by atoms with Gasteiger partial charge in [-0.1, -0.05) is 54.1 Å². The van der Waals surface area contributed by atoms with Crippen LogP contribution >= 0.6 is 22.9 Å². The second kappa shape index (κ2) is 7.13. The van der Waals surface area contributed by atoms with Crippen molar-refractivity contribution in [1.29, 1.82) is 0 Å². The predicted molar refractivity (Wildman–Crippen MR) is 117 cm³/mol. The zero-order valence-corrected chi connectivity index (χ0v) is 17.3. The van der Waals surface area contributed by atoms with E-state index >= 15 is 0 Å². The SMILES string of the molecule is CC(C)(C(=O)O)n1c(-c2ccccc2)nc2scc(-c3ccc(Cl)cc3)c2c1=O. The van der Waals surface area contributed by atoms with E-state index in [4.69, 9.17) is 16.6 Å². The third-order valence-electron chi connectivity index (χ3n) is 4.88. The van der Waals surface area contributed by atoms with E-state index < -0.39 is 11.5 Å². The number of rotatable bonds is 4. The lowest BCUT2D eigenvalue weighted by molar-refractivity contribution is -0.145. The smallest absolute Gasteiger partial charge is 0.329 e. The van der Waals surface area contributed by atoms with E-state index in [9.17, 15) is 14.7 Å². The highest BCUT2D eigenvalue weighted by atomic mass is 35.5. The normalized spacial score (nSPS) is 11.7. The van der Waals surface area contributed by atoms with Crippen molar-refractivity contribution in [3.05, 3.63) is 75.4 Å². The number of fused-ring (bicyclic) bond motifs is 1. The summed E-state index contributed by atoms with van der Waals surface area (Å²) in [6.07, 6.45) is 0. The van der Waals surface area contributed by atoms with Gasteiger partial charge in [0, 0.05) is 21.5 Å². The summed E-state index contributed by atoms with van der Waals surface area (Å²) < 4.78 is 1.28. The molecule has 0 fully saturated rings. The summed E-state index contributed by atoms with van der Waals surface area (Å²) in [4.78, 5) is 30.9. The fourth-order valence-corrected chi connectivity index (χ4v) is 4.29. The number of hydrogen-bond acceptors (Lipinski definition) is 4. The molecule has 0 aliphatic carbocycles. The molecule has 2 aromatic carbocycles. The molecular weight excluding hydrogens is 408 g/mol. The van der Waals surface area contributed by atoms with Gasteiger partial charge in [-0.3, -0.25) is 9.36 Å². The van der Waals surface area contributed by atoms with Gasteiger partial charge < -0.3 is 5.11 Å². The largest absolute Gasteiger partial charge is 0.480 e. The maximum atomic E-state index is 13.6. The van der Waals surface area contributed by atoms with Gasteiger partial charge in [-0.15, -0.1) is 11.3 Å². The second-order valence-electron chi connectivity index (χ2n) is 7.14. The fraction of sp³-hybridized carbons (Fsp3) is 0.136. The Hall–Kier alpha value is -2.96. The Labute approximate surface area is 175 Å². The van der Waals surface area contributed by atoms with Crippen LogP contribution in [0.15, 0.2) is 64.8 Å². The van der Waals surface area contributed by atoms with Crippen molar-refractivity contribution in [2.45, 2.75) is 19.4 Å². The molecule has 1 N–H and O–H groups in total. The summed E-state index contributed by atoms with van der Waals surface area (Å²) in [6.45, 7) is 3.01. The van der Waals surface area contributed by atoms with Gasteiger partial charge in [0.25, 0.3) is 5.56 Å². The number of thiophene rings is 1. The van der Waals surface area contributed by atoms with E-state index in [-0.39, 0.29) is 5.56 Å². The molecule has 4 aromatic rings. The van der Waals surface area contributed by atoms with Crippen molar-refractivity contribution in [2.75, 3.05) is 0 Å². The number of nitrogens with zero attached hydrogens (tertiary/aromatic N) is 2. The monoisotopic (exact) mass is 424 g/mol. The predicted octanol–water partition coefficient (Wildman–Crippen LogP) is 5.27. The van der Waals surface area contributed by atoms with E-state index in [0.717, 1.165) is 5.56 Å². The van der Waals surface area contributed by atoms with Gasteiger partial charge in [-0.25, -0.2) is 9.78 Å². The summed E-state index contributed by atoms with van der Waals surface area (Å²) in [5.41, 5.74) is 0.359. The van der Waals surface area contributed by atoms with Crippen LogP contribution in [0.1, 0.15) is 13.8 Å². The van der Waals surface area contributed by atoms with Crippen molar-refractivity contribution in [3.8, 4) is 22.5 Å². The quantitative estimate of drug-likeness (QED) is 0.484. The Morgan fingerprint density at radius 1 is 1.07 bits per heavy atom. The van der Waals surface area contributed by atoms with E-state index in [0.29, 0.717) is 32.2 Å². The minimum absolute atomic E-state index is 0.333. The number of carboxylic acids is 1. The molecule has 0 aliphatic heterocycles. The molecule has 0 saturated heterocycles. The van der Waals surface area contributed by atoms with Crippen LogP contribution in [-0.4, -0.2) is 20.6 Å². The summed E-state index contributed by atoms with van der Waals surface area (Å²) in [5.74, 6) is -0.777. The third kappa shape index (κ3) is 3.24. The Morgan fingerprint density at radius 2 is 1.72 bits per heavy atom. The zero-order valence-electron chi connectivity index (χ0n) is 15.7. The molecule has 2 aromatic heterocycles. The van der Waals surface area contributed by atoms with Crippen LogP contribution in [0.4, 0.5) is 0 Å². The molecule has 0 atom stereocenters. The average Bonchev–Trinajstić information content (AvgIpc) is 3.13. The number of carbonyl (C=O) groups is 1. The standard InChI is InChI=1S/C22H17ClN2O3S/c1-22(2,21(27)28)25-18(14-6-4-3-5-7-14)24-19-17(20(25)26)16(12-29-19)13-8-10-15(23)11-9-13/h3-12H,1-2H3,(H,27,28). The third-order valence-corrected chi connectivity index (χ3v) is 6.00. The minimum atomic E-state index is -1.48. The highest BCUT2D eigenvalue weighted by Crippen LogP contribution is 2.34. The second-order valence-corrected chi connectivity index (χ2v) is 8.44. The lowest BCUT2D eigenvalue weighted by Crippen LogP contribution is -2.44. The van der Waals surface area contributed by atoms with Crippen molar-refractivity contribution >= 4 is 39.1 Å². The van der Waals surface area contributed by atoms with Gasteiger partial charge in [-0.2, -0.15) is 0 Å². The van der Waals surface area contributed by atoms with Crippen LogP contribution in [0, 0.1) is 0 Å². The number of aromatic nitrogens is 2. The first-order valence-corrected chi connectivity index (χ1v) is 10.2. The van der Waals surface area contributed by atoms with Crippen LogP contribution in [0.25, 0.3) is 32.7 Å². The van der Waals surface area contributed by atoms with Gasteiger partial charge in [0.2, 0.25) is 0 Å². The molecule has 0 amide bonds. The molecule has 0 bridgehead atoms. The van der Waals surface area contributed by atoms with Crippen LogP contribution < -0.4 is 5.56 Å². The molecule has 0 saturated carbocycles. The molecule has 146 valence electrons. The number of aliphatic carboxylic acids is 1. The molecule has 0 aliphatic rings.